The molecule has 0 radical (unpaired) electrons. The van der Waals surface area contributed by atoms with Gasteiger partial charge in [-0.2, -0.15) is 5.10 Å². The smallest absolute Gasteiger partial charge is 0.158 e. The average Bonchev–Trinajstić information content (AvgIpc) is 2.94. The van der Waals surface area contributed by atoms with E-state index >= 15 is 0 Å². The highest BCUT2D eigenvalue weighted by atomic mass is 32.1. The molecule has 5 nitrogen and oxygen atoms in total. The van der Waals surface area contributed by atoms with Gasteiger partial charge in [0.15, 0.2) is 5.82 Å². The van der Waals surface area contributed by atoms with Crippen molar-refractivity contribution in [3.05, 3.63) is 47.1 Å². The molecule has 2 aromatic heterocycles. The highest BCUT2D eigenvalue weighted by Crippen LogP contribution is 2.35. The summed E-state index contributed by atoms with van der Waals surface area (Å²) in [7, 11) is 0. The normalized spacial score (nSPS) is 12.1. The molecule has 23 heavy (non-hydrogen) atoms. The number of anilines is 1. The number of phenols is 1. The molecule has 0 fully saturated rings. The van der Waals surface area contributed by atoms with Crippen LogP contribution in [-0.2, 0) is 5.41 Å². The number of phenolic OH excluding ortho intramolecular Hbond substituents is 1. The summed E-state index contributed by atoms with van der Waals surface area (Å²) in [5.41, 5.74) is 3.95. The summed E-state index contributed by atoms with van der Waals surface area (Å²) in [6.45, 7) is 6.55. The van der Waals surface area contributed by atoms with Gasteiger partial charge in [0.2, 0.25) is 0 Å². The molecule has 0 saturated carbocycles. The Morgan fingerprint density at radius 2 is 1.91 bits per heavy atom. The predicted octanol–water partition coefficient (Wildman–Crippen LogP) is 4.14. The van der Waals surface area contributed by atoms with Gasteiger partial charge in [0.25, 0.3) is 0 Å². The van der Waals surface area contributed by atoms with Crippen molar-refractivity contribution >= 4 is 33.6 Å². The number of hydrazone groups is 1. The molecule has 0 aliphatic heterocycles. The zero-order chi connectivity index (χ0) is 16.4. The van der Waals surface area contributed by atoms with Crippen LogP contribution in [0.4, 0.5) is 5.82 Å². The van der Waals surface area contributed by atoms with Gasteiger partial charge in [-0.25, -0.2) is 9.97 Å². The fourth-order valence-corrected chi connectivity index (χ4v) is 3.10. The molecule has 0 unspecified atom stereocenters. The summed E-state index contributed by atoms with van der Waals surface area (Å²) in [6, 6.07) is 8.95. The second-order valence-electron chi connectivity index (χ2n) is 6.26. The molecule has 118 valence electrons. The number of nitrogens with zero attached hydrogens (tertiary/aromatic N) is 3. The standard InChI is InChI=1S/C17H18N4OS/c1-17(2,3)14-8-13-15(18-10-19-16(13)23-14)21-20-9-11-4-6-12(22)7-5-11/h4-10,22H,1-3H3,(H,18,19,21)/b20-9+. The Bertz CT molecular complexity index is 847. The molecule has 3 aromatic rings. The number of nitrogens with one attached hydrogen (secondary N) is 1. The summed E-state index contributed by atoms with van der Waals surface area (Å²) in [6.07, 6.45) is 3.23. The van der Waals surface area contributed by atoms with Gasteiger partial charge in [0.05, 0.1) is 11.6 Å². The van der Waals surface area contributed by atoms with Crippen molar-refractivity contribution in [2.45, 2.75) is 26.2 Å². The number of aromatic hydroxyl groups is 1. The van der Waals surface area contributed by atoms with Gasteiger partial charge in [-0.1, -0.05) is 20.8 Å². The lowest BCUT2D eigenvalue weighted by molar-refractivity contribution is 0.475. The summed E-state index contributed by atoms with van der Waals surface area (Å²) in [5, 5.41) is 14.5. The second kappa shape index (κ2) is 5.96. The van der Waals surface area contributed by atoms with Gasteiger partial charge in [-0.15, -0.1) is 11.3 Å². The number of hydrogen-bond donors (Lipinski definition) is 2. The van der Waals surface area contributed by atoms with E-state index in [1.54, 1.807) is 48.1 Å². The van der Waals surface area contributed by atoms with E-state index in [4.69, 9.17) is 0 Å². The van der Waals surface area contributed by atoms with Gasteiger partial charge in [-0.05, 0) is 41.3 Å². The van der Waals surface area contributed by atoms with Crippen LogP contribution in [-0.4, -0.2) is 21.3 Å². The van der Waals surface area contributed by atoms with Crippen LogP contribution in [0.5, 0.6) is 5.75 Å². The molecule has 2 heterocycles. The van der Waals surface area contributed by atoms with Crippen molar-refractivity contribution in [1.82, 2.24) is 9.97 Å². The Labute approximate surface area is 138 Å². The largest absolute Gasteiger partial charge is 0.508 e. The molecule has 6 heteroatoms. The predicted molar refractivity (Wildman–Crippen MR) is 95.4 cm³/mol. The molecule has 2 N–H and O–H groups in total. The van der Waals surface area contributed by atoms with Gasteiger partial charge in [0, 0.05) is 4.88 Å². The van der Waals surface area contributed by atoms with Crippen LogP contribution in [0.25, 0.3) is 10.2 Å². The number of hydrogen-bond acceptors (Lipinski definition) is 6. The Kier molecular flexibility index (Phi) is 4.00. The van der Waals surface area contributed by atoms with Crippen LogP contribution >= 0.6 is 11.3 Å². The van der Waals surface area contributed by atoms with Crippen LogP contribution in [0.3, 0.4) is 0 Å². The molecule has 0 bridgehead atoms. The molecule has 0 aliphatic carbocycles. The summed E-state index contributed by atoms with van der Waals surface area (Å²) < 4.78 is 0. The van der Waals surface area contributed by atoms with Crippen LogP contribution in [0, 0.1) is 0 Å². The monoisotopic (exact) mass is 326 g/mol. The van der Waals surface area contributed by atoms with Crippen molar-refractivity contribution in [2.75, 3.05) is 5.43 Å². The van der Waals surface area contributed by atoms with Crippen LogP contribution in [0.15, 0.2) is 41.8 Å². The van der Waals surface area contributed by atoms with Gasteiger partial charge in [-0.3, -0.25) is 5.43 Å². The highest BCUT2D eigenvalue weighted by molar-refractivity contribution is 7.18. The van der Waals surface area contributed by atoms with Crippen molar-refractivity contribution in [3.8, 4) is 5.75 Å². The van der Waals surface area contributed by atoms with Crippen molar-refractivity contribution in [2.24, 2.45) is 5.10 Å². The molecule has 0 saturated heterocycles. The minimum atomic E-state index is 0.0813. The first kappa shape index (κ1) is 15.4. The van der Waals surface area contributed by atoms with Crippen molar-refractivity contribution < 1.29 is 5.11 Å². The molecule has 1 aromatic carbocycles. The van der Waals surface area contributed by atoms with Crippen molar-refractivity contribution in [1.29, 1.82) is 0 Å². The first-order valence-corrected chi connectivity index (χ1v) is 8.08. The van der Waals surface area contributed by atoms with Crippen LogP contribution < -0.4 is 5.43 Å². The Morgan fingerprint density at radius 1 is 1.17 bits per heavy atom. The molecule has 0 spiro atoms. The Hall–Kier alpha value is -2.47. The van der Waals surface area contributed by atoms with E-state index in [0.29, 0.717) is 5.82 Å². The molecule has 0 aliphatic rings. The minimum absolute atomic E-state index is 0.0813. The number of thiophene rings is 1. The van der Waals surface area contributed by atoms with E-state index in [9.17, 15) is 5.11 Å². The lowest BCUT2D eigenvalue weighted by atomic mass is 9.94. The summed E-state index contributed by atoms with van der Waals surface area (Å²) in [5.74, 6) is 0.928. The lowest BCUT2D eigenvalue weighted by Gasteiger charge is -2.14. The van der Waals surface area contributed by atoms with Gasteiger partial charge < -0.3 is 5.11 Å². The third-order valence-electron chi connectivity index (χ3n) is 3.35. The van der Waals surface area contributed by atoms with E-state index in [1.165, 1.54) is 4.88 Å². The summed E-state index contributed by atoms with van der Waals surface area (Å²) in [4.78, 5) is 10.8. The zero-order valence-electron chi connectivity index (χ0n) is 13.2. The van der Waals surface area contributed by atoms with Crippen molar-refractivity contribution in [3.63, 3.8) is 0 Å². The number of aromatic nitrogens is 2. The molecular formula is C17H18N4OS. The van der Waals surface area contributed by atoms with E-state index in [0.717, 1.165) is 15.8 Å². The average molecular weight is 326 g/mol. The van der Waals surface area contributed by atoms with E-state index in [-0.39, 0.29) is 11.2 Å². The molecule has 0 atom stereocenters. The van der Waals surface area contributed by atoms with E-state index in [1.807, 2.05) is 0 Å². The van der Waals surface area contributed by atoms with Crippen LogP contribution in [0.2, 0.25) is 0 Å². The van der Waals surface area contributed by atoms with Crippen LogP contribution in [0.1, 0.15) is 31.2 Å². The summed E-state index contributed by atoms with van der Waals surface area (Å²) >= 11 is 1.68. The number of fused-ring (bicyclic) bond motifs is 1. The van der Waals surface area contributed by atoms with E-state index in [2.05, 4.69) is 47.3 Å². The highest BCUT2D eigenvalue weighted by Gasteiger charge is 2.18. The Morgan fingerprint density at radius 3 is 2.61 bits per heavy atom. The maximum Gasteiger partial charge on any atom is 0.158 e. The fraction of sp³-hybridized carbons (Fsp3) is 0.235. The first-order chi connectivity index (χ1) is 10.9. The lowest BCUT2D eigenvalue weighted by Crippen LogP contribution is -2.07. The molecular weight excluding hydrogens is 308 g/mol. The minimum Gasteiger partial charge on any atom is -0.508 e. The van der Waals surface area contributed by atoms with Gasteiger partial charge in [0.1, 0.15) is 16.9 Å². The number of rotatable bonds is 3. The first-order valence-electron chi connectivity index (χ1n) is 7.26. The zero-order valence-corrected chi connectivity index (χ0v) is 14.1. The fourth-order valence-electron chi connectivity index (χ4n) is 2.04. The number of benzene rings is 1. The quantitative estimate of drug-likeness (QED) is 0.560. The SMILES string of the molecule is CC(C)(C)c1cc2c(N/N=C/c3ccc(O)cc3)ncnc2s1. The second-order valence-corrected chi connectivity index (χ2v) is 7.29. The maximum absolute atomic E-state index is 9.27. The molecule has 0 amide bonds. The third kappa shape index (κ3) is 3.48. The van der Waals surface area contributed by atoms with E-state index < -0.39 is 0 Å². The molecule has 3 rings (SSSR count). The topological polar surface area (TPSA) is 70.4 Å². The van der Waals surface area contributed by atoms with Gasteiger partial charge >= 0.3 is 0 Å². The third-order valence-corrected chi connectivity index (χ3v) is 4.81. The maximum atomic E-state index is 9.27. The Balaban J connectivity index is 1.85.